The number of hydrogen-bond acceptors (Lipinski definition) is 1. The fraction of sp³-hybridized carbons (Fsp3) is 0.533. The maximum absolute atomic E-state index is 11.9. The van der Waals surface area contributed by atoms with Crippen molar-refractivity contribution in [2.24, 2.45) is 5.41 Å². The molecule has 0 bridgehead atoms. The van der Waals surface area contributed by atoms with Crippen molar-refractivity contribution in [3.8, 4) is 0 Å². The molecule has 88 valence electrons. The largest absolute Gasteiger partial charge is 0.299 e. The molecule has 0 aliphatic rings. The van der Waals surface area contributed by atoms with Crippen molar-refractivity contribution in [1.29, 1.82) is 0 Å². The van der Waals surface area contributed by atoms with Gasteiger partial charge in [-0.15, -0.1) is 0 Å². The zero-order valence-corrected chi connectivity index (χ0v) is 11.1. The van der Waals surface area contributed by atoms with Crippen LogP contribution in [0.3, 0.4) is 0 Å². The highest BCUT2D eigenvalue weighted by Gasteiger charge is 2.17. The van der Waals surface area contributed by atoms with E-state index in [2.05, 4.69) is 46.8 Å². The maximum Gasteiger partial charge on any atom is 0.137 e. The van der Waals surface area contributed by atoms with Crippen LogP contribution in [0.5, 0.6) is 0 Å². The second kappa shape index (κ2) is 4.82. The molecule has 0 unspecified atom stereocenters. The first-order valence-electron chi connectivity index (χ1n) is 5.86. The number of rotatable bonds is 3. The molecule has 0 saturated heterocycles. The Kier molecular flexibility index (Phi) is 3.90. The van der Waals surface area contributed by atoms with Gasteiger partial charge in [0.15, 0.2) is 0 Å². The first-order valence-corrected chi connectivity index (χ1v) is 5.86. The van der Waals surface area contributed by atoms with Crippen LogP contribution in [0.1, 0.15) is 43.9 Å². The van der Waals surface area contributed by atoms with Gasteiger partial charge >= 0.3 is 0 Å². The average molecular weight is 218 g/mol. The first kappa shape index (κ1) is 13.0. The zero-order valence-electron chi connectivity index (χ0n) is 11.1. The molecule has 0 atom stereocenters. The Bertz CT molecular complexity index is 363. The summed E-state index contributed by atoms with van der Waals surface area (Å²) < 4.78 is 0. The molecule has 0 radical (unpaired) electrons. The fourth-order valence-electron chi connectivity index (χ4n) is 1.98. The number of Topliss-reactive ketones (excluding diaryl/α,β-unsaturated/α-hetero) is 1. The van der Waals surface area contributed by atoms with Gasteiger partial charge in [-0.2, -0.15) is 0 Å². The minimum absolute atomic E-state index is 0.0909. The molecule has 0 N–H and O–H groups in total. The van der Waals surface area contributed by atoms with Gasteiger partial charge in [-0.25, -0.2) is 0 Å². The lowest BCUT2D eigenvalue weighted by Gasteiger charge is -2.17. The summed E-state index contributed by atoms with van der Waals surface area (Å²) in [5, 5.41) is 0. The highest BCUT2D eigenvalue weighted by Crippen LogP contribution is 2.21. The number of benzene rings is 1. The van der Waals surface area contributed by atoms with E-state index in [-0.39, 0.29) is 5.41 Å². The fourth-order valence-corrected chi connectivity index (χ4v) is 1.98. The van der Waals surface area contributed by atoms with E-state index >= 15 is 0 Å². The van der Waals surface area contributed by atoms with Gasteiger partial charge in [-0.05, 0) is 36.0 Å². The second-order valence-electron chi connectivity index (χ2n) is 5.82. The minimum Gasteiger partial charge on any atom is -0.299 e. The van der Waals surface area contributed by atoms with Gasteiger partial charge in [0, 0.05) is 12.8 Å². The summed E-state index contributed by atoms with van der Waals surface area (Å²) in [4.78, 5) is 11.9. The lowest BCUT2D eigenvalue weighted by Crippen LogP contribution is -2.15. The van der Waals surface area contributed by atoms with Gasteiger partial charge in [0.05, 0.1) is 0 Å². The molecule has 0 aromatic heterocycles. The predicted molar refractivity (Wildman–Crippen MR) is 68.7 cm³/mol. The number of aryl methyl sites for hydroxylation is 2. The van der Waals surface area contributed by atoms with Gasteiger partial charge in [0.2, 0.25) is 0 Å². The smallest absolute Gasteiger partial charge is 0.137 e. The number of carbonyl (C=O) groups excluding carboxylic acids is 1. The Morgan fingerprint density at radius 3 is 2.06 bits per heavy atom. The molecule has 0 amide bonds. The summed E-state index contributed by atoms with van der Waals surface area (Å²) in [5.74, 6) is 0.338. The minimum atomic E-state index is 0.0909. The monoisotopic (exact) mass is 218 g/mol. The summed E-state index contributed by atoms with van der Waals surface area (Å²) in [7, 11) is 0. The molecule has 0 aliphatic carbocycles. The van der Waals surface area contributed by atoms with Crippen LogP contribution >= 0.6 is 0 Å². The van der Waals surface area contributed by atoms with Gasteiger partial charge in [0.25, 0.3) is 0 Å². The van der Waals surface area contributed by atoms with Gasteiger partial charge in [0.1, 0.15) is 5.78 Å². The molecular formula is C15H22O. The van der Waals surface area contributed by atoms with Crippen molar-refractivity contribution in [3.05, 3.63) is 34.9 Å². The van der Waals surface area contributed by atoms with Crippen LogP contribution in [0.2, 0.25) is 0 Å². The Hall–Kier alpha value is -1.11. The second-order valence-corrected chi connectivity index (χ2v) is 5.82. The highest BCUT2D eigenvalue weighted by atomic mass is 16.1. The maximum atomic E-state index is 11.9. The standard InChI is InChI=1S/C15H22O/c1-11-7-6-8-12(2)14(11)9-13(16)10-15(3,4)5/h6-8H,9-10H2,1-5H3. The quantitative estimate of drug-likeness (QED) is 0.753. The molecular weight excluding hydrogens is 196 g/mol. The Morgan fingerprint density at radius 2 is 1.62 bits per heavy atom. The summed E-state index contributed by atoms with van der Waals surface area (Å²) >= 11 is 0. The third kappa shape index (κ3) is 3.80. The van der Waals surface area contributed by atoms with Gasteiger partial charge in [-0.3, -0.25) is 4.79 Å². The van der Waals surface area contributed by atoms with Crippen molar-refractivity contribution in [2.45, 2.75) is 47.5 Å². The first-order chi connectivity index (χ1) is 7.29. The lowest BCUT2D eigenvalue weighted by atomic mass is 9.87. The van der Waals surface area contributed by atoms with E-state index in [1.54, 1.807) is 0 Å². The lowest BCUT2D eigenvalue weighted by molar-refractivity contribution is -0.120. The van der Waals surface area contributed by atoms with Crippen LogP contribution in [0, 0.1) is 19.3 Å². The van der Waals surface area contributed by atoms with Crippen LogP contribution in [0.25, 0.3) is 0 Å². The van der Waals surface area contributed by atoms with Crippen LogP contribution in [0.4, 0.5) is 0 Å². The molecule has 1 aromatic rings. The summed E-state index contributed by atoms with van der Waals surface area (Å²) in [5.41, 5.74) is 3.74. The van der Waals surface area contributed by atoms with Crippen molar-refractivity contribution < 1.29 is 4.79 Å². The molecule has 16 heavy (non-hydrogen) atoms. The molecule has 0 spiro atoms. The van der Waals surface area contributed by atoms with Gasteiger partial charge < -0.3 is 0 Å². The van der Waals surface area contributed by atoms with Crippen molar-refractivity contribution in [1.82, 2.24) is 0 Å². The molecule has 1 nitrogen and oxygen atoms in total. The predicted octanol–water partition coefficient (Wildman–Crippen LogP) is 3.85. The highest BCUT2D eigenvalue weighted by molar-refractivity contribution is 5.82. The van der Waals surface area contributed by atoms with Crippen molar-refractivity contribution in [3.63, 3.8) is 0 Å². The third-order valence-electron chi connectivity index (χ3n) is 2.75. The Balaban J connectivity index is 2.78. The van der Waals surface area contributed by atoms with Crippen molar-refractivity contribution in [2.75, 3.05) is 0 Å². The molecule has 0 heterocycles. The summed E-state index contributed by atoms with van der Waals surface area (Å²) in [6.45, 7) is 10.5. The molecule has 0 fully saturated rings. The zero-order chi connectivity index (χ0) is 12.3. The van der Waals surface area contributed by atoms with E-state index in [0.717, 1.165) is 0 Å². The van der Waals surface area contributed by atoms with Crippen LogP contribution in [-0.2, 0) is 11.2 Å². The van der Waals surface area contributed by atoms with E-state index in [4.69, 9.17) is 0 Å². The normalized spacial score (nSPS) is 11.6. The number of carbonyl (C=O) groups is 1. The average Bonchev–Trinajstić information content (AvgIpc) is 2.08. The Morgan fingerprint density at radius 1 is 1.12 bits per heavy atom. The SMILES string of the molecule is Cc1cccc(C)c1CC(=O)CC(C)(C)C. The molecule has 1 heteroatoms. The molecule has 0 saturated carbocycles. The van der Waals surface area contributed by atoms with E-state index in [1.165, 1.54) is 16.7 Å². The van der Waals surface area contributed by atoms with Gasteiger partial charge in [-0.1, -0.05) is 39.0 Å². The van der Waals surface area contributed by atoms with Crippen LogP contribution in [0.15, 0.2) is 18.2 Å². The van der Waals surface area contributed by atoms with E-state index in [9.17, 15) is 4.79 Å². The van der Waals surface area contributed by atoms with Crippen LogP contribution in [-0.4, -0.2) is 5.78 Å². The molecule has 1 rings (SSSR count). The topological polar surface area (TPSA) is 17.1 Å². The summed E-state index contributed by atoms with van der Waals surface area (Å²) in [6, 6.07) is 6.20. The van der Waals surface area contributed by atoms with Crippen LogP contribution < -0.4 is 0 Å². The number of hydrogen-bond donors (Lipinski definition) is 0. The van der Waals surface area contributed by atoms with E-state index in [1.807, 2.05) is 6.07 Å². The Labute approximate surface area is 98.9 Å². The van der Waals surface area contributed by atoms with Crippen molar-refractivity contribution >= 4 is 5.78 Å². The van der Waals surface area contributed by atoms with E-state index < -0.39 is 0 Å². The summed E-state index contributed by atoms with van der Waals surface area (Å²) in [6.07, 6.45) is 1.23. The van der Waals surface area contributed by atoms with E-state index in [0.29, 0.717) is 18.6 Å². The molecule has 0 aliphatic heterocycles. The third-order valence-corrected chi connectivity index (χ3v) is 2.75. The number of ketones is 1. The molecule has 1 aromatic carbocycles.